The van der Waals surface area contributed by atoms with Gasteiger partial charge in [-0.1, -0.05) is 0 Å². The number of hydrogen-bond acceptors (Lipinski definition) is 4. The van der Waals surface area contributed by atoms with Crippen LogP contribution in [0.5, 0.6) is 0 Å². The first-order chi connectivity index (χ1) is 11.5. The van der Waals surface area contributed by atoms with E-state index in [-0.39, 0.29) is 29.5 Å². The number of carbonyl (C=O) groups excluding carboxylic acids is 1. The molecule has 1 aromatic heterocycles. The van der Waals surface area contributed by atoms with E-state index in [0.29, 0.717) is 18.0 Å². The Bertz CT molecular complexity index is 738. The number of fused-ring (bicyclic) bond motifs is 1. The summed E-state index contributed by atoms with van der Waals surface area (Å²) in [5.74, 6) is -0.354. The number of thiophene rings is 1. The van der Waals surface area contributed by atoms with E-state index in [2.05, 4.69) is 10.6 Å². The van der Waals surface area contributed by atoms with Gasteiger partial charge in [0, 0.05) is 23.8 Å². The lowest BCUT2D eigenvalue weighted by atomic mass is 9.79. The van der Waals surface area contributed by atoms with Crippen molar-refractivity contribution in [1.82, 2.24) is 10.6 Å². The summed E-state index contributed by atoms with van der Waals surface area (Å²) in [6.45, 7) is 5.01. The molecule has 138 valence electrons. The number of aryl methyl sites for hydroxylation is 1. The van der Waals surface area contributed by atoms with Gasteiger partial charge in [-0.25, -0.2) is 4.39 Å². The molecule has 0 radical (unpaired) electrons. The zero-order valence-electron chi connectivity index (χ0n) is 14.5. The van der Waals surface area contributed by atoms with Crippen LogP contribution in [0.2, 0.25) is 0 Å². The molecule has 1 fully saturated rings. The second-order valence-electron chi connectivity index (χ2n) is 6.56. The summed E-state index contributed by atoms with van der Waals surface area (Å²) in [7, 11) is 1.70. The molecule has 2 N–H and O–H groups in total. The van der Waals surface area contributed by atoms with Gasteiger partial charge in [0.2, 0.25) is 0 Å². The number of hydrogen-bond donors (Lipinski definition) is 2. The normalized spacial score (nSPS) is 16.4. The molecule has 3 rings (SSSR count). The van der Waals surface area contributed by atoms with Gasteiger partial charge in [-0.15, -0.1) is 23.7 Å². The Kier molecular flexibility index (Phi) is 6.79. The molecule has 0 bridgehead atoms. The maximum Gasteiger partial charge on any atom is 0.261 e. The van der Waals surface area contributed by atoms with E-state index in [1.54, 1.807) is 13.2 Å². The second kappa shape index (κ2) is 8.45. The molecule has 7 heteroatoms. The number of benzene rings is 1. The van der Waals surface area contributed by atoms with Gasteiger partial charge in [-0.2, -0.15) is 0 Å². The van der Waals surface area contributed by atoms with Crippen LogP contribution >= 0.6 is 23.7 Å². The number of nitrogens with one attached hydrogen (secondary N) is 2. The van der Waals surface area contributed by atoms with Gasteiger partial charge >= 0.3 is 0 Å². The Labute approximate surface area is 157 Å². The molecule has 2 aromatic rings. The van der Waals surface area contributed by atoms with Crippen molar-refractivity contribution in [1.29, 1.82) is 0 Å². The maximum atomic E-state index is 13.4. The van der Waals surface area contributed by atoms with Crippen LogP contribution in [0.3, 0.4) is 0 Å². The third-order valence-electron chi connectivity index (χ3n) is 4.84. The van der Waals surface area contributed by atoms with Gasteiger partial charge in [-0.3, -0.25) is 4.79 Å². The van der Waals surface area contributed by atoms with Crippen molar-refractivity contribution in [3.8, 4) is 0 Å². The average molecular weight is 387 g/mol. The average Bonchev–Trinajstić information content (AvgIpc) is 2.91. The number of halogens is 2. The second-order valence-corrected chi connectivity index (χ2v) is 7.61. The molecule has 0 unspecified atom stereocenters. The highest BCUT2D eigenvalue weighted by Gasteiger charge is 2.32. The Hall–Kier alpha value is -1.21. The highest BCUT2D eigenvalue weighted by atomic mass is 35.5. The molecule has 0 saturated carbocycles. The van der Waals surface area contributed by atoms with Gasteiger partial charge in [-0.05, 0) is 62.0 Å². The first-order valence-electron chi connectivity index (χ1n) is 8.21. The van der Waals surface area contributed by atoms with Gasteiger partial charge in [0.15, 0.2) is 0 Å². The predicted molar refractivity (Wildman–Crippen MR) is 103 cm³/mol. The number of methoxy groups -OCH3 is 1. The molecule has 0 atom stereocenters. The van der Waals surface area contributed by atoms with Crippen LogP contribution in [-0.2, 0) is 4.74 Å². The standard InChI is InChI=1S/C18H23FN2O2S.ClH/c1-12-14-9-13(19)3-4-15(14)24-16(12)17(22)21-10-18(11-23-2)5-7-20-8-6-18;/h3-4,9,20H,5-8,10-11H2,1-2H3,(H,21,22);1H. The summed E-state index contributed by atoms with van der Waals surface area (Å²) >= 11 is 1.42. The van der Waals surface area contributed by atoms with E-state index < -0.39 is 0 Å². The molecule has 2 heterocycles. The summed E-state index contributed by atoms with van der Waals surface area (Å²) in [5, 5.41) is 7.25. The number of rotatable bonds is 5. The summed E-state index contributed by atoms with van der Waals surface area (Å²) in [4.78, 5) is 13.3. The van der Waals surface area contributed by atoms with E-state index in [1.807, 2.05) is 6.92 Å². The minimum Gasteiger partial charge on any atom is -0.384 e. The van der Waals surface area contributed by atoms with Gasteiger partial charge in [0.1, 0.15) is 5.82 Å². The van der Waals surface area contributed by atoms with Crippen LogP contribution in [0.25, 0.3) is 10.1 Å². The predicted octanol–water partition coefficient (Wildman–Crippen LogP) is 3.52. The lowest BCUT2D eigenvalue weighted by Crippen LogP contribution is -2.47. The van der Waals surface area contributed by atoms with E-state index in [1.165, 1.54) is 23.5 Å². The molecule has 1 saturated heterocycles. The molecule has 1 aliphatic heterocycles. The Morgan fingerprint density at radius 1 is 1.40 bits per heavy atom. The Morgan fingerprint density at radius 3 is 2.80 bits per heavy atom. The van der Waals surface area contributed by atoms with Crippen molar-refractivity contribution in [3.63, 3.8) is 0 Å². The van der Waals surface area contributed by atoms with Gasteiger partial charge < -0.3 is 15.4 Å². The first-order valence-corrected chi connectivity index (χ1v) is 9.03. The zero-order valence-corrected chi connectivity index (χ0v) is 16.1. The summed E-state index contributed by atoms with van der Waals surface area (Å²) in [5.41, 5.74) is 0.838. The fourth-order valence-electron chi connectivity index (χ4n) is 3.39. The third kappa shape index (κ3) is 4.31. The number of ether oxygens (including phenoxy) is 1. The molecule has 1 amide bonds. The van der Waals surface area contributed by atoms with Gasteiger partial charge in [0.25, 0.3) is 5.91 Å². The first kappa shape index (κ1) is 20.1. The van der Waals surface area contributed by atoms with Crippen molar-refractivity contribution in [2.24, 2.45) is 5.41 Å². The zero-order chi connectivity index (χ0) is 17.2. The molecule has 1 aliphatic rings. The summed E-state index contributed by atoms with van der Waals surface area (Å²) in [6, 6.07) is 4.66. The topological polar surface area (TPSA) is 50.4 Å². The minimum absolute atomic E-state index is 0. The van der Waals surface area contributed by atoms with Gasteiger partial charge in [0.05, 0.1) is 11.5 Å². The molecular weight excluding hydrogens is 363 g/mol. The summed E-state index contributed by atoms with van der Waals surface area (Å²) < 4.78 is 19.8. The monoisotopic (exact) mass is 386 g/mol. The number of piperidine rings is 1. The van der Waals surface area contributed by atoms with Crippen molar-refractivity contribution in [3.05, 3.63) is 34.5 Å². The largest absolute Gasteiger partial charge is 0.384 e. The van der Waals surface area contributed by atoms with Crippen molar-refractivity contribution in [2.45, 2.75) is 19.8 Å². The third-order valence-corrected chi connectivity index (χ3v) is 6.11. The lowest BCUT2D eigenvalue weighted by Gasteiger charge is -2.37. The van der Waals surface area contributed by atoms with Crippen LogP contribution in [0.15, 0.2) is 18.2 Å². The van der Waals surface area contributed by atoms with Crippen LogP contribution in [0.1, 0.15) is 28.1 Å². The van der Waals surface area contributed by atoms with E-state index in [9.17, 15) is 9.18 Å². The van der Waals surface area contributed by atoms with Crippen LogP contribution in [0, 0.1) is 18.2 Å². The maximum absolute atomic E-state index is 13.4. The van der Waals surface area contributed by atoms with Crippen molar-refractivity contribution < 1.29 is 13.9 Å². The van der Waals surface area contributed by atoms with E-state index in [4.69, 9.17) is 4.74 Å². The lowest BCUT2D eigenvalue weighted by molar-refractivity contribution is 0.0512. The molecule has 1 aromatic carbocycles. The van der Waals surface area contributed by atoms with Crippen molar-refractivity contribution >= 4 is 39.7 Å². The highest BCUT2D eigenvalue weighted by molar-refractivity contribution is 7.21. The van der Waals surface area contributed by atoms with Crippen LogP contribution in [0.4, 0.5) is 4.39 Å². The van der Waals surface area contributed by atoms with E-state index in [0.717, 1.165) is 41.6 Å². The summed E-state index contributed by atoms with van der Waals surface area (Å²) in [6.07, 6.45) is 1.97. The molecule has 25 heavy (non-hydrogen) atoms. The molecule has 4 nitrogen and oxygen atoms in total. The molecule has 0 spiro atoms. The highest BCUT2D eigenvalue weighted by Crippen LogP contribution is 2.32. The SMILES string of the molecule is COCC1(CNC(=O)c2sc3ccc(F)cc3c2C)CCNCC1.Cl. The van der Waals surface area contributed by atoms with Crippen LogP contribution < -0.4 is 10.6 Å². The number of carbonyl (C=O) groups is 1. The Morgan fingerprint density at radius 2 is 2.12 bits per heavy atom. The quantitative estimate of drug-likeness (QED) is 0.826. The number of amides is 1. The fourth-order valence-corrected chi connectivity index (χ4v) is 4.50. The fraction of sp³-hybridized carbons (Fsp3) is 0.500. The van der Waals surface area contributed by atoms with Crippen molar-refractivity contribution in [2.75, 3.05) is 33.4 Å². The molecule has 0 aliphatic carbocycles. The molecular formula is C18H24ClFN2O2S. The van der Waals surface area contributed by atoms with E-state index >= 15 is 0 Å². The smallest absolute Gasteiger partial charge is 0.261 e. The van der Waals surface area contributed by atoms with Crippen LogP contribution in [-0.4, -0.2) is 39.3 Å². The Balaban J connectivity index is 0.00000225. The minimum atomic E-state index is -0.274.